The van der Waals surface area contributed by atoms with Crippen LogP contribution in [0.3, 0.4) is 0 Å². The molecule has 1 unspecified atom stereocenters. The van der Waals surface area contributed by atoms with Crippen LogP contribution in [0.1, 0.15) is 29.6 Å². The second kappa shape index (κ2) is 5.07. The Labute approximate surface area is 126 Å². The summed E-state index contributed by atoms with van der Waals surface area (Å²) in [6.07, 6.45) is 4.26. The maximum Gasteiger partial charge on any atom is 0.176 e. The highest BCUT2D eigenvalue weighted by Gasteiger charge is 2.24. The Morgan fingerprint density at radius 2 is 2.24 bits per heavy atom. The van der Waals surface area contributed by atoms with Crippen molar-refractivity contribution in [1.29, 1.82) is 0 Å². The van der Waals surface area contributed by atoms with Crippen molar-refractivity contribution >= 4 is 22.8 Å². The summed E-state index contributed by atoms with van der Waals surface area (Å²) in [7, 11) is 0. The van der Waals surface area contributed by atoms with E-state index in [2.05, 4.69) is 30.4 Å². The Morgan fingerprint density at radius 1 is 1.29 bits per heavy atom. The van der Waals surface area contributed by atoms with E-state index in [0.717, 1.165) is 30.4 Å². The topological polar surface area (TPSA) is 59.2 Å². The van der Waals surface area contributed by atoms with Crippen LogP contribution in [0.5, 0.6) is 0 Å². The van der Waals surface area contributed by atoms with E-state index in [4.69, 9.17) is 0 Å². The van der Waals surface area contributed by atoms with Crippen molar-refractivity contribution < 1.29 is 0 Å². The Morgan fingerprint density at radius 3 is 3.10 bits per heavy atom. The van der Waals surface area contributed by atoms with Gasteiger partial charge in [-0.3, -0.25) is 0 Å². The molecule has 108 valence electrons. The molecule has 1 aliphatic heterocycles. The van der Waals surface area contributed by atoms with Gasteiger partial charge < -0.3 is 4.90 Å². The van der Waals surface area contributed by atoms with Crippen molar-refractivity contribution in [3.63, 3.8) is 0 Å². The number of hydrogen-bond acceptors (Lipinski definition) is 6. The van der Waals surface area contributed by atoms with Crippen molar-refractivity contribution in [2.45, 2.75) is 25.7 Å². The molecule has 3 aromatic heterocycles. The molecule has 1 aliphatic rings. The molecular weight excluding hydrogens is 284 g/mol. The normalized spacial score (nSPS) is 19.3. The number of fused-ring (bicyclic) bond motifs is 1. The lowest BCUT2D eigenvalue weighted by molar-refractivity contribution is 0.502. The zero-order valence-corrected chi connectivity index (χ0v) is 12.6. The monoisotopic (exact) mass is 300 g/mol. The molecule has 0 saturated carbocycles. The maximum atomic E-state index is 4.59. The van der Waals surface area contributed by atoms with Crippen molar-refractivity contribution in [3.05, 3.63) is 34.5 Å². The SMILES string of the molecule is Cc1nc2ccc(N3CCCC(c4nccs4)C3)nn2n1. The third-order valence-electron chi connectivity index (χ3n) is 3.85. The van der Waals surface area contributed by atoms with Crippen molar-refractivity contribution in [2.75, 3.05) is 18.0 Å². The molecule has 0 aromatic carbocycles. The molecule has 21 heavy (non-hydrogen) atoms. The number of aryl methyl sites for hydroxylation is 1. The lowest BCUT2D eigenvalue weighted by Crippen LogP contribution is -2.35. The van der Waals surface area contributed by atoms with Gasteiger partial charge in [-0.25, -0.2) is 9.97 Å². The van der Waals surface area contributed by atoms with Crippen molar-refractivity contribution in [2.24, 2.45) is 0 Å². The van der Waals surface area contributed by atoms with Gasteiger partial charge in [0.2, 0.25) is 0 Å². The molecule has 4 rings (SSSR count). The fraction of sp³-hybridized carbons (Fsp3) is 0.429. The van der Waals surface area contributed by atoms with Gasteiger partial charge in [0, 0.05) is 30.6 Å². The Kier molecular flexibility index (Phi) is 3.07. The third-order valence-corrected chi connectivity index (χ3v) is 4.78. The summed E-state index contributed by atoms with van der Waals surface area (Å²) < 4.78 is 1.62. The van der Waals surface area contributed by atoms with Crippen LogP contribution in [-0.2, 0) is 0 Å². The highest BCUT2D eigenvalue weighted by atomic mass is 32.1. The van der Waals surface area contributed by atoms with E-state index in [1.807, 2.05) is 25.3 Å². The molecule has 0 aliphatic carbocycles. The van der Waals surface area contributed by atoms with Gasteiger partial charge in [0.05, 0.1) is 5.01 Å². The van der Waals surface area contributed by atoms with Gasteiger partial charge in [-0.05, 0) is 31.9 Å². The van der Waals surface area contributed by atoms with Crippen LogP contribution in [0, 0.1) is 6.92 Å². The molecule has 0 bridgehead atoms. The zero-order valence-electron chi connectivity index (χ0n) is 11.8. The third kappa shape index (κ3) is 2.37. The van der Waals surface area contributed by atoms with E-state index in [1.165, 1.54) is 17.8 Å². The number of aromatic nitrogens is 5. The second-order valence-corrected chi connectivity index (χ2v) is 6.28. The van der Waals surface area contributed by atoms with Crippen LogP contribution >= 0.6 is 11.3 Å². The van der Waals surface area contributed by atoms with E-state index in [0.29, 0.717) is 5.92 Å². The van der Waals surface area contributed by atoms with Crippen LogP contribution in [0.2, 0.25) is 0 Å². The van der Waals surface area contributed by atoms with Crippen molar-refractivity contribution in [1.82, 2.24) is 24.8 Å². The van der Waals surface area contributed by atoms with Gasteiger partial charge in [0.25, 0.3) is 0 Å². The Hall–Kier alpha value is -2.02. The van der Waals surface area contributed by atoms with Crippen LogP contribution in [0.15, 0.2) is 23.7 Å². The summed E-state index contributed by atoms with van der Waals surface area (Å²) in [6.45, 7) is 3.89. The maximum absolute atomic E-state index is 4.59. The molecule has 3 aromatic rings. The summed E-state index contributed by atoms with van der Waals surface area (Å²) in [5, 5.41) is 12.2. The van der Waals surface area contributed by atoms with E-state index in [-0.39, 0.29) is 0 Å². The standard InChI is InChI=1S/C14H16N6S/c1-10-16-12-4-5-13(18-20(12)17-10)19-7-2-3-11(9-19)14-15-6-8-21-14/h4-6,8,11H,2-3,7,9H2,1H3. The molecule has 7 heteroatoms. The number of hydrogen-bond donors (Lipinski definition) is 0. The van der Waals surface area contributed by atoms with Gasteiger partial charge >= 0.3 is 0 Å². The smallest absolute Gasteiger partial charge is 0.176 e. The number of piperidine rings is 1. The zero-order chi connectivity index (χ0) is 14.2. The first-order chi connectivity index (χ1) is 10.3. The lowest BCUT2D eigenvalue weighted by atomic mass is 9.99. The van der Waals surface area contributed by atoms with Gasteiger partial charge in [-0.2, -0.15) is 0 Å². The average Bonchev–Trinajstić information content (AvgIpc) is 3.15. The molecule has 6 nitrogen and oxygen atoms in total. The molecule has 1 atom stereocenters. The van der Waals surface area contributed by atoms with E-state index in [9.17, 15) is 0 Å². The molecule has 0 N–H and O–H groups in total. The largest absolute Gasteiger partial charge is 0.354 e. The van der Waals surface area contributed by atoms with Crippen LogP contribution < -0.4 is 4.90 Å². The lowest BCUT2D eigenvalue weighted by Gasteiger charge is -2.32. The summed E-state index contributed by atoms with van der Waals surface area (Å²) >= 11 is 1.75. The first kappa shape index (κ1) is 12.7. The minimum atomic E-state index is 0.508. The highest BCUT2D eigenvalue weighted by Crippen LogP contribution is 2.30. The number of rotatable bonds is 2. The number of nitrogens with zero attached hydrogens (tertiary/aromatic N) is 6. The first-order valence-electron chi connectivity index (χ1n) is 7.14. The van der Waals surface area contributed by atoms with E-state index >= 15 is 0 Å². The average molecular weight is 300 g/mol. The molecule has 0 spiro atoms. The van der Waals surface area contributed by atoms with Gasteiger partial charge in [0.1, 0.15) is 5.82 Å². The number of anilines is 1. The minimum Gasteiger partial charge on any atom is -0.354 e. The first-order valence-corrected chi connectivity index (χ1v) is 8.02. The van der Waals surface area contributed by atoms with Crippen LogP contribution in [-0.4, -0.2) is 37.9 Å². The van der Waals surface area contributed by atoms with E-state index in [1.54, 1.807) is 16.0 Å². The molecule has 1 saturated heterocycles. The van der Waals surface area contributed by atoms with Gasteiger partial charge in [0.15, 0.2) is 11.5 Å². The minimum absolute atomic E-state index is 0.508. The van der Waals surface area contributed by atoms with Crippen LogP contribution in [0.25, 0.3) is 5.65 Å². The second-order valence-electron chi connectivity index (χ2n) is 5.35. The highest BCUT2D eigenvalue weighted by molar-refractivity contribution is 7.09. The van der Waals surface area contributed by atoms with Crippen LogP contribution in [0.4, 0.5) is 5.82 Å². The molecule has 4 heterocycles. The van der Waals surface area contributed by atoms with Crippen molar-refractivity contribution in [3.8, 4) is 0 Å². The fourth-order valence-corrected chi connectivity index (χ4v) is 3.64. The van der Waals surface area contributed by atoms with Gasteiger partial charge in [-0.1, -0.05) is 0 Å². The Bertz CT molecular complexity index is 750. The summed E-state index contributed by atoms with van der Waals surface area (Å²) in [6, 6.07) is 4.02. The Balaban J connectivity index is 1.61. The van der Waals surface area contributed by atoms with Gasteiger partial charge in [-0.15, -0.1) is 26.2 Å². The predicted molar refractivity (Wildman–Crippen MR) is 81.8 cm³/mol. The summed E-state index contributed by atoms with van der Waals surface area (Å²) in [4.78, 5) is 11.1. The molecule has 0 radical (unpaired) electrons. The predicted octanol–water partition coefficient (Wildman–Crippen LogP) is 2.27. The van der Waals surface area contributed by atoms with E-state index < -0.39 is 0 Å². The molecular formula is C14H16N6S. The summed E-state index contributed by atoms with van der Waals surface area (Å²) in [5.74, 6) is 2.22. The fourth-order valence-electron chi connectivity index (χ4n) is 2.87. The molecule has 1 fully saturated rings. The molecule has 0 amide bonds. The summed E-state index contributed by atoms with van der Waals surface area (Å²) in [5.41, 5.74) is 0.796. The quantitative estimate of drug-likeness (QED) is 0.726. The number of thiazole rings is 1.